The van der Waals surface area contributed by atoms with Crippen LogP contribution < -0.4 is 9.47 Å². The second kappa shape index (κ2) is 9.56. The third-order valence-corrected chi connectivity index (χ3v) is 5.46. The van der Waals surface area contributed by atoms with Crippen molar-refractivity contribution in [1.82, 2.24) is 9.97 Å². The molecule has 0 atom stereocenters. The van der Waals surface area contributed by atoms with Gasteiger partial charge in [0.15, 0.2) is 0 Å². The van der Waals surface area contributed by atoms with Crippen LogP contribution in [0.25, 0.3) is 0 Å². The molecule has 0 N–H and O–H groups in total. The highest BCUT2D eigenvalue weighted by atomic mass is 16.6. The molecule has 0 saturated heterocycles. The summed E-state index contributed by atoms with van der Waals surface area (Å²) in [5.74, 6) is 1.65. The molecule has 2 aromatic carbocycles. The van der Waals surface area contributed by atoms with E-state index in [1.807, 2.05) is 48.5 Å². The number of benzene rings is 2. The lowest BCUT2D eigenvalue weighted by Gasteiger charge is -2.26. The van der Waals surface area contributed by atoms with Crippen LogP contribution in [0.15, 0.2) is 85.2 Å². The Balaban J connectivity index is 1.43. The second-order valence-corrected chi connectivity index (χ2v) is 8.10. The van der Waals surface area contributed by atoms with Crippen molar-refractivity contribution in [3.63, 3.8) is 0 Å². The fourth-order valence-corrected chi connectivity index (χ4v) is 3.37. The number of rotatable bonds is 8. The highest BCUT2D eigenvalue weighted by molar-refractivity contribution is 5.43. The SMILES string of the molecule is CC(C)(c1ccc(Oc2ccc([N+](=O)[O-])cn2)cc1)c1ccc(Oc2ccc([N+](=O)[O-])cn2)cc1. The van der Waals surface area contributed by atoms with Crippen LogP contribution in [-0.2, 0) is 5.41 Å². The lowest BCUT2D eigenvalue weighted by molar-refractivity contribution is -0.385. The minimum atomic E-state index is -0.515. The van der Waals surface area contributed by atoms with Crippen molar-refractivity contribution in [3.8, 4) is 23.3 Å². The van der Waals surface area contributed by atoms with Gasteiger partial charge in [0, 0.05) is 29.7 Å². The van der Waals surface area contributed by atoms with E-state index in [4.69, 9.17) is 9.47 Å². The molecule has 2 aromatic heterocycles. The third kappa shape index (κ3) is 5.38. The molecule has 2 heterocycles. The maximum atomic E-state index is 10.7. The zero-order valence-electron chi connectivity index (χ0n) is 18.8. The Labute approximate surface area is 200 Å². The third-order valence-electron chi connectivity index (χ3n) is 5.46. The first kappa shape index (κ1) is 23.3. The first-order valence-electron chi connectivity index (χ1n) is 10.5. The number of nitrogens with zero attached hydrogens (tertiary/aromatic N) is 4. The molecule has 0 aliphatic rings. The summed E-state index contributed by atoms with van der Waals surface area (Å²) in [5.41, 5.74) is 1.57. The van der Waals surface area contributed by atoms with E-state index in [-0.39, 0.29) is 28.5 Å². The van der Waals surface area contributed by atoms with Gasteiger partial charge in [-0.3, -0.25) is 20.2 Å². The van der Waals surface area contributed by atoms with E-state index in [0.717, 1.165) is 23.5 Å². The van der Waals surface area contributed by atoms with Gasteiger partial charge in [0.2, 0.25) is 11.8 Å². The fraction of sp³-hybridized carbons (Fsp3) is 0.120. The predicted octanol–water partition coefficient (Wildman–Crippen LogP) is 6.20. The molecular formula is C25H20N4O6. The van der Waals surface area contributed by atoms with Crippen molar-refractivity contribution >= 4 is 11.4 Å². The Morgan fingerprint density at radius 2 is 1.00 bits per heavy atom. The molecule has 0 unspecified atom stereocenters. The summed E-state index contributed by atoms with van der Waals surface area (Å²) >= 11 is 0. The van der Waals surface area contributed by atoms with Crippen molar-refractivity contribution in [3.05, 3.63) is 117 Å². The van der Waals surface area contributed by atoms with E-state index >= 15 is 0 Å². The summed E-state index contributed by atoms with van der Waals surface area (Å²) in [6, 6.07) is 20.6. The van der Waals surface area contributed by atoms with Gasteiger partial charge in [0.1, 0.15) is 23.9 Å². The Hall–Kier alpha value is -4.86. The summed E-state index contributed by atoms with van der Waals surface area (Å²) in [7, 11) is 0. The number of hydrogen-bond acceptors (Lipinski definition) is 8. The van der Waals surface area contributed by atoms with Crippen LogP contribution in [0, 0.1) is 20.2 Å². The topological polar surface area (TPSA) is 131 Å². The molecule has 35 heavy (non-hydrogen) atoms. The van der Waals surface area contributed by atoms with Crippen LogP contribution in [0.4, 0.5) is 11.4 Å². The van der Waals surface area contributed by atoms with Crippen LogP contribution in [0.1, 0.15) is 25.0 Å². The quantitative estimate of drug-likeness (QED) is 0.219. The van der Waals surface area contributed by atoms with Gasteiger partial charge in [-0.2, -0.15) is 0 Å². The van der Waals surface area contributed by atoms with Gasteiger partial charge in [-0.05, 0) is 35.4 Å². The zero-order valence-corrected chi connectivity index (χ0v) is 18.8. The van der Waals surface area contributed by atoms with Gasteiger partial charge in [0.05, 0.1) is 9.85 Å². The molecule has 0 spiro atoms. The minimum absolute atomic E-state index is 0.102. The van der Waals surface area contributed by atoms with Gasteiger partial charge in [0.25, 0.3) is 11.4 Å². The lowest BCUT2D eigenvalue weighted by atomic mass is 9.78. The molecule has 0 fully saturated rings. The van der Waals surface area contributed by atoms with Crippen LogP contribution in [0.5, 0.6) is 23.3 Å². The molecule has 0 saturated carbocycles. The number of pyridine rings is 2. The average Bonchev–Trinajstić information content (AvgIpc) is 2.85. The monoisotopic (exact) mass is 472 g/mol. The smallest absolute Gasteiger partial charge is 0.287 e. The van der Waals surface area contributed by atoms with Gasteiger partial charge >= 0.3 is 0 Å². The van der Waals surface area contributed by atoms with Crippen LogP contribution in [0.2, 0.25) is 0 Å². The Bertz CT molecular complexity index is 1230. The maximum Gasteiger partial charge on any atom is 0.287 e. The maximum absolute atomic E-state index is 10.7. The standard InChI is InChI=1S/C25H20N4O6/c1-25(2,17-3-9-21(10-4-17)34-23-13-7-19(15-26-23)28(30)31)18-5-11-22(12-6-18)35-24-14-8-20(16-27-24)29(32)33/h3-16H,1-2H3. The number of ether oxygens (including phenoxy) is 2. The molecule has 0 aliphatic heterocycles. The highest BCUT2D eigenvalue weighted by Crippen LogP contribution is 2.34. The van der Waals surface area contributed by atoms with Crippen molar-refractivity contribution in [1.29, 1.82) is 0 Å². The van der Waals surface area contributed by atoms with Crippen LogP contribution in [0.3, 0.4) is 0 Å². The number of hydrogen-bond donors (Lipinski definition) is 0. The summed E-state index contributed by atoms with van der Waals surface area (Å²) < 4.78 is 11.4. The van der Waals surface area contributed by atoms with Gasteiger partial charge < -0.3 is 9.47 Å². The van der Waals surface area contributed by atoms with E-state index in [2.05, 4.69) is 23.8 Å². The average molecular weight is 472 g/mol. The second-order valence-electron chi connectivity index (χ2n) is 8.10. The fourth-order valence-electron chi connectivity index (χ4n) is 3.37. The molecular weight excluding hydrogens is 452 g/mol. The molecule has 0 radical (unpaired) electrons. The van der Waals surface area contributed by atoms with E-state index in [9.17, 15) is 20.2 Å². The van der Waals surface area contributed by atoms with Crippen LogP contribution >= 0.6 is 0 Å². The molecule has 10 heteroatoms. The van der Waals surface area contributed by atoms with E-state index < -0.39 is 9.85 Å². The van der Waals surface area contributed by atoms with Crippen molar-refractivity contribution in [2.45, 2.75) is 19.3 Å². The Morgan fingerprint density at radius 1 is 0.629 bits per heavy atom. The molecule has 10 nitrogen and oxygen atoms in total. The molecule has 176 valence electrons. The predicted molar refractivity (Wildman–Crippen MR) is 127 cm³/mol. The summed E-state index contributed by atoms with van der Waals surface area (Å²) in [6.45, 7) is 4.18. The van der Waals surface area contributed by atoms with Gasteiger partial charge in [-0.15, -0.1) is 0 Å². The molecule has 4 rings (SSSR count). The molecule has 0 aliphatic carbocycles. The van der Waals surface area contributed by atoms with Gasteiger partial charge in [-0.1, -0.05) is 38.1 Å². The van der Waals surface area contributed by atoms with Crippen molar-refractivity contribution in [2.24, 2.45) is 0 Å². The Kier molecular flexibility index (Phi) is 6.36. The van der Waals surface area contributed by atoms with E-state index in [1.54, 1.807) is 0 Å². The molecule has 0 amide bonds. The molecule has 0 bridgehead atoms. The minimum Gasteiger partial charge on any atom is -0.439 e. The van der Waals surface area contributed by atoms with Crippen LogP contribution in [-0.4, -0.2) is 19.8 Å². The van der Waals surface area contributed by atoms with Crippen molar-refractivity contribution in [2.75, 3.05) is 0 Å². The van der Waals surface area contributed by atoms with E-state index in [0.29, 0.717) is 11.5 Å². The highest BCUT2D eigenvalue weighted by Gasteiger charge is 2.23. The number of aromatic nitrogens is 2. The number of nitro groups is 2. The zero-order chi connectivity index (χ0) is 25.0. The summed E-state index contributed by atoms with van der Waals surface area (Å²) in [5, 5.41) is 21.5. The first-order chi connectivity index (χ1) is 16.7. The summed E-state index contributed by atoms with van der Waals surface area (Å²) in [4.78, 5) is 28.4. The normalized spacial score (nSPS) is 11.0. The van der Waals surface area contributed by atoms with Crippen molar-refractivity contribution < 1.29 is 19.3 Å². The lowest BCUT2D eigenvalue weighted by Crippen LogP contribution is -2.18. The Morgan fingerprint density at radius 3 is 1.29 bits per heavy atom. The first-order valence-corrected chi connectivity index (χ1v) is 10.5. The van der Waals surface area contributed by atoms with Gasteiger partial charge in [-0.25, -0.2) is 9.97 Å². The summed E-state index contributed by atoms with van der Waals surface area (Å²) in [6.07, 6.45) is 2.30. The largest absolute Gasteiger partial charge is 0.439 e. The van der Waals surface area contributed by atoms with E-state index in [1.165, 1.54) is 24.3 Å². The molecule has 4 aromatic rings.